The highest BCUT2D eigenvalue weighted by molar-refractivity contribution is 6.30. The van der Waals surface area contributed by atoms with Gasteiger partial charge in [-0.2, -0.15) is 18.4 Å². The van der Waals surface area contributed by atoms with E-state index in [9.17, 15) is 18.0 Å². The van der Waals surface area contributed by atoms with E-state index in [0.29, 0.717) is 6.07 Å². The average Bonchev–Trinajstić information content (AvgIpc) is 2.45. The molecule has 0 spiro atoms. The Labute approximate surface area is 123 Å². The van der Waals surface area contributed by atoms with Crippen LogP contribution < -0.4 is 0 Å². The molecule has 112 valence electrons. The van der Waals surface area contributed by atoms with E-state index in [1.165, 1.54) is 6.07 Å². The number of hydrogen-bond donors (Lipinski definition) is 0. The predicted molar refractivity (Wildman–Crippen MR) is 67.7 cm³/mol. The molecule has 0 N–H and O–H groups in total. The summed E-state index contributed by atoms with van der Waals surface area (Å²) in [6.45, 7) is 0.229. The Morgan fingerprint density at radius 1 is 1.48 bits per heavy atom. The monoisotopic (exact) mass is 318 g/mol. The molecule has 21 heavy (non-hydrogen) atoms. The summed E-state index contributed by atoms with van der Waals surface area (Å²) in [7, 11) is 0. The number of halogens is 4. The predicted octanol–water partition coefficient (Wildman–Crippen LogP) is 2.72. The molecule has 0 unspecified atom stereocenters. The molecule has 1 aliphatic rings. The van der Waals surface area contributed by atoms with E-state index in [-0.39, 0.29) is 24.8 Å². The van der Waals surface area contributed by atoms with Crippen molar-refractivity contribution in [1.29, 1.82) is 5.26 Å². The maximum absolute atomic E-state index is 13.0. The highest BCUT2D eigenvalue weighted by Crippen LogP contribution is 2.34. The highest BCUT2D eigenvalue weighted by atomic mass is 35.5. The molecule has 1 aromatic rings. The second kappa shape index (κ2) is 5.92. The van der Waals surface area contributed by atoms with Gasteiger partial charge in [0.25, 0.3) is 5.91 Å². The lowest BCUT2D eigenvalue weighted by atomic mass is 10.0. The van der Waals surface area contributed by atoms with Crippen LogP contribution in [0, 0.1) is 11.3 Å². The summed E-state index contributed by atoms with van der Waals surface area (Å²) in [4.78, 5) is 13.4. The standard InChI is InChI=1S/C13H10ClF3N2O2/c14-8-1-2-10(11(5-8)13(15,16)17)12(20)19-3-4-21-7-9(19)6-18/h1-2,5,9H,3-4,7H2/t9-/m1/s1. The van der Waals surface area contributed by atoms with E-state index in [1.807, 2.05) is 6.07 Å². The van der Waals surface area contributed by atoms with Crippen molar-refractivity contribution in [3.05, 3.63) is 34.3 Å². The summed E-state index contributed by atoms with van der Waals surface area (Å²) in [6, 6.07) is 3.89. The quantitative estimate of drug-likeness (QED) is 0.800. The van der Waals surface area contributed by atoms with Gasteiger partial charge >= 0.3 is 6.18 Å². The Balaban J connectivity index is 2.42. The SMILES string of the molecule is N#C[C@@H]1COCCN1C(=O)c1ccc(Cl)cc1C(F)(F)F. The molecule has 1 heterocycles. The lowest BCUT2D eigenvalue weighted by Crippen LogP contribution is -2.48. The van der Waals surface area contributed by atoms with Crippen molar-refractivity contribution >= 4 is 17.5 Å². The molecule has 4 nitrogen and oxygen atoms in total. The largest absolute Gasteiger partial charge is 0.417 e. The van der Waals surface area contributed by atoms with E-state index >= 15 is 0 Å². The zero-order valence-electron chi connectivity index (χ0n) is 10.7. The summed E-state index contributed by atoms with van der Waals surface area (Å²) >= 11 is 5.57. The number of rotatable bonds is 1. The molecule has 1 aliphatic heterocycles. The first kappa shape index (κ1) is 15.6. The Bertz CT molecular complexity index is 598. The molecule has 1 fully saturated rings. The van der Waals surface area contributed by atoms with Gasteiger partial charge in [-0.15, -0.1) is 0 Å². The lowest BCUT2D eigenvalue weighted by molar-refractivity contribution is -0.138. The summed E-state index contributed by atoms with van der Waals surface area (Å²) in [5.74, 6) is -0.853. The number of hydrogen-bond acceptors (Lipinski definition) is 3. The van der Waals surface area contributed by atoms with E-state index in [2.05, 4.69) is 0 Å². The first-order valence-electron chi connectivity index (χ1n) is 5.99. The molecule has 8 heteroatoms. The molecule has 1 atom stereocenters. The van der Waals surface area contributed by atoms with Crippen molar-refractivity contribution in [1.82, 2.24) is 4.90 Å². The minimum atomic E-state index is -4.70. The van der Waals surface area contributed by atoms with E-state index in [4.69, 9.17) is 21.6 Å². The van der Waals surface area contributed by atoms with Crippen LogP contribution in [0.3, 0.4) is 0 Å². The van der Waals surface area contributed by atoms with Gasteiger partial charge in [0.05, 0.1) is 30.4 Å². The second-order valence-corrected chi connectivity index (χ2v) is 4.84. The van der Waals surface area contributed by atoms with E-state index in [1.54, 1.807) is 0 Å². The number of ether oxygens (including phenoxy) is 1. The van der Waals surface area contributed by atoms with Crippen molar-refractivity contribution in [3.8, 4) is 6.07 Å². The molecule has 0 aromatic heterocycles. The number of morpholine rings is 1. The molecule has 1 amide bonds. The van der Waals surface area contributed by atoms with Crippen molar-refractivity contribution in [2.45, 2.75) is 12.2 Å². The second-order valence-electron chi connectivity index (χ2n) is 4.41. The van der Waals surface area contributed by atoms with E-state index in [0.717, 1.165) is 11.0 Å². The van der Waals surface area contributed by atoms with Gasteiger partial charge in [-0.3, -0.25) is 4.79 Å². The number of carbonyl (C=O) groups is 1. The normalized spacial score (nSPS) is 19.2. The molecular weight excluding hydrogens is 309 g/mol. The fourth-order valence-electron chi connectivity index (χ4n) is 2.05. The van der Waals surface area contributed by atoms with Gasteiger partial charge in [0.15, 0.2) is 0 Å². The number of amides is 1. The van der Waals surface area contributed by atoms with Crippen LogP contribution in [0.25, 0.3) is 0 Å². The zero-order valence-corrected chi connectivity index (χ0v) is 11.4. The lowest BCUT2D eigenvalue weighted by Gasteiger charge is -2.32. The fraction of sp³-hybridized carbons (Fsp3) is 0.385. The van der Waals surface area contributed by atoms with Crippen LogP contribution in [0.15, 0.2) is 18.2 Å². The first-order chi connectivity index (χ1) is 9.84. The van der Waals surface area contributed by atoms with Crippen molar-refractivity contribution in [3.63, 3.8) is 0 Å². The summed E-state index contributed by atoms with van der Waals surface area (Å²) in [5.41, 5.74) is -1.63. The van der Waals surface area contributed by atoms with Crippen molar-refractivity contribution in [2.75, 3.05) is 19.8 Å². The van der Waals surface area contributed by atoms with Crippen LogP contribution in [0.1, 0.15) is 15.9 Å². The Morgan fingerprint density at radius 2 is 2.19 bits per heavy atom. The number of benzene rings is 1. The number of alkyl halides is 3. The van der Waals surface area contributed by atoms with Crippen LogP contribution in [0.4, 0.5) is 13.2 Å². The maximum Gasteiger partial charge on any atom is 0.417 e. The van der Waals surface area contributed by atoms with Gasteiger partial charge in [0.2, 0.25) is 0 Å². The molecule has 0 bridgehead atoms. The van der Waals surface area contributed by atoms with Crippen LogP contribution in [0.2, 0.25) is 5.02 Å². The number of nitriles is 1. The van der Waals surface area contributed by atoms with Gasteiger partial charge in [0, 0.05) is 11.6 Å². The van der Waals surface area contributed by atoms with Crippen molar-refractivity contribution in [2.24, 2.45) is 0 Å². The van der Waals surface area contributed by atoms with Crippen molar-refractivity contribution < 1.29 is 22.7 Å². The van der Waals surface area contributed by atoms with Gasteiger partial charge in [-0.05, 0) is 18.2 Å². The minimum Gasteiger partial charge on any atom is -0.376 e. The zero-order chi connectivity index (χ0) is 15.6. The third kappa shape index (κ3) is 3.28. The van der Waals surface area contributed by atoms with E-state index < -0.39 is 29.3 Å². The fourth-order valence-corrected chi connectivity index (χ4v) is 2.22. The van der Waals surface area contributed by atoms with Gasteiger partial charge < -0.3 is 9.64 Å². The Kier molecular flexibility index (Phi) is 4.40. The molecule has 1 saturated heterocycles. The molecule has 2 rings (SSSR count). The summed E-state index contributed by atoms with van der Waals surface area (Å²) in [6.07, 6.45) is -4.70. The third-order valence-corrected chi connectivity index (χ3v) is 3.29. The minimum absolute atomic E-state index is 0.0167. The van der Waals surface area contributed by atoms with Gasteiger partial charge in [-0.1, -0.05) is 11.6 Å². The smallest absolute Gasteiger partial charge is 0.376 e. The van der Waals surface area contributed by atoms with Gasteiger partial charge in [-0.25, -0.2) is 0 Å². The van der Waals surface area contributed by atoms with Gasteiger partial charge in [0.1, 0.15) is 6.04 Å². The molecule has 0 radical (unpaired) electrons. The number of nitrogens with zero attached hydrogens (tertiary/aromatic N) is 2. The summed E-state index contributed by atoms with van der Waals surface area (Å²) in [5, 5.41) is 8.85. The first-order valence-corrected chi connectivity index (χ1v) is 6.37. The van der Waals surface area contributed by atoms with Crippen LogP contribution in [-0.4, -0.2) is 36.6 Å². The van der Waals surface area contributed by atoms with Crippen LogP contribution >= 0.6 is 11.6 Å². The third-order valence-electron chi connectivity index (χ3n) is 3.06. The van der Waals surface area contributed by atoms with Crippen LogP contribution in [0.5, 0.6) is 0 Å². The van der Waals surface area contributed by atoms with Crippen LogP contribution in [-0.2, 0) is 10.9 Å². The number of carbonyl (C=O) groups excluding carboxylic acids is 1. The maximum atomic E-state index is 13.0. The average molecular weight is 319 g/mol. The molecule has 1 aromatic carbocycles. The molecular formula is C13H10ClF3N2O2. The Morgan fingerprint density at radius 3 is 2.81 bits per heavy atom. The highest BCUT2D eigenvalue weighted by Gasteiger charge is 2.38. The molecule has 0 saturated carbocycles. The topological polar surface area (TPSA) is 53.3 Å². The summed E-state index contributed by atoms with van der Waals surface area (Å²) < 4.78 is 44.1. The Hall–Kier alpha value is -1.78. The molecule has 0 aliphatic carbocycles.